The van der Waals surface area contributed by atoms with Gasteiger partial charge in [0.05, 0.1) is 5.39 Å². The van der Waals surface area contributed by atoms with Gasteiger partial charge < -0.3 is 19.4 Å². The first-order valence-electron chi connectivity index (χ1n) is 12.9. The van der Waals surface area contributed by atoms with E-state index < -0.39 is 11.9 Å². The van der Waals surface area contributed by atoms with Crippen molar-refractivity contribution in [2.24, 2.45) is 0 Å². The fourth-order valence-corrected chi connectivity index (χ4v) is 5.38. The van der Waals surface area contributed by atoms with Gasteiger partial charge in [0.15, 0.2) is 11.3 Å². The number of fused-ring (bicyclic) bond motifs is 1. The number of aromatic nitrogens is 4. The standard InChI is InChI=1S/C25H32ClF3N8O/c1-3-34-4-6-35(7-5-34)12-13-38-20-15-18(26)14-19(17(20)2)36-8-10-37(11-9-36)24-21-22(25(27,28)29)32-33-23(21)30-16-31-24/h14-16H,3-13H2,1-2H3,(H,30,31,32,33). The Morgan fingerprint density at radius 2 is 1.66 bits per heavy atom. The van der Waals surface area contributed by atoms with Crippen LogP contribution in [0.3, 0.4) is 0 Å². The van der Waals surface area contributed by atoms with Crippen LogP contribution >= 0.6 is 11.6 Å². The average Bonchev–Trinajstić information content (AvgIpc) is 3.36. The highest BCUT2D eigenvalue weighted by atomic mass is 35.5. The number of halogens is 4. The number of alkyl halides is 3. The Labute approximate surface area is 224 Å². The summed E-state index contributed by atoms with van der Waals surface area (Å²) in [5.74, 6) is 0.996. The number of hydrogen-bond donors (Lipinski definition) is 1. The van der Waals surface area contributed by atoms with Crippen molar-refractivity contribution in [1.29, 1.82) is 0 Å². The number of likely N-dealkylation sites (N-methyl/N-ethyl adjacent to an activating group) is 1. The number of nitrogens with one attached hydrogen (secondary N) is 1. The van der Waals surface area contributed by atoms with E-state index >= 15 is 0 Å². The Balaban J connectivity index is 1.24. The van der Waals surface area contributed by atoms with Crippen LogP contribution in [0.4, 0.5) is 24.7 Å². The highest BCUT2D eigenvalue weighted by molar-refractivity contribution is 6.31. The summed E-state index contributed by atoms with van der Waals surface area (Å²) in [5, 5.41) is 6.30. The van der Waals surface area contributed by atoms with Gasteiger partial charge in [0.1, 0.15) is 24.5 Å². The predicted octanol–water partition coefficient (Wildman–Crippen LogP) is 3.68. The predicted molar refractivity (Wildman–Crippen MR) is 141 cm³/mol. The van der Waals surface area contributed by atoms with Crippen molar-refractivity contribution in [1.82, 2.24) is 30.0 Å². The maximum atomic E-state index is 13.5. The molecule has 0 unspecified atom stereocenters. The maximum absolute atomic E-state index is 13.5. The van der Waals surface area contributed by atoms with Gasteiger partial charge in [0, 0.05) is 75.2 Å². The quantitative estimate of drug-likeness (QED) is 0.476. The minimum absolute atomic E-state index is 0.00414. The normalized spacial score (nSPS) is 17.9. The van der Waals surface area contributed by atoms with Gasteiger partial charge in [-0.25, -0.2) is 9.97 Å². The first-order valence-corrected chi connectivity index (χ1v) is 13.3. The molecule has 2 saturated heterocycles. The molecule has 1 aromatic carbocycles. The summed E-state index contributed by atoms with van der Waals surface area (Å²) in [6.07, 6.45) is -3.33. The van der Waals surface area contributed by atoms with Crippen molar-refractivity contribution in [3.8, 4) is 5.75 Å². The molecule has 0 aliphatic carbocycles. The summed E-state index contributed by atoms with van der Waals surface area (Å²) >= 11 is 6.47. The van der Waals surface area contributed by atoms with Crippen LogP contribution in [0.1, 0.15) is 18.2 Å². The third-order valence-corrected chi connectivity index (χ3v) is 7.63. The van der Waals surface area contributed by atoms with Gasteiger partial charge >= 0.3 is 6.18 Å². The lowest BCUT2D eigenvalue weighted by Crippen LogP contribution is -2.47. The highest BCUT2D eigenvalue weighted by Gasteiger charge is 2.38. The van der Waals surface area contributed by atoms with Crippen molar-refractivity contribution >= 4 is 34.1 Å². The van der Waals surface area contributed by atoms with Gasteiger partial charge in [-0.2, -0.15) is 18.3 Å². The van der Waals surface area contributed by atoms with E-state index in [-0.39, 0.29) is 16.9 Å². The molecule has 2 fully saturated rings. The Hall–Kier alpha value is -2.83. The van der Waals surface area contributed by atoms with E-state index in [0.29, 0.717) is 37.8 Å². The fraction of sp³-hybridized carbons (Fsp3) is 0.560. The molecule has 2 aliphatic heterocycles. The Kier molecular flexibility index (Phi) is 7.83. The number of aromatic amines is 1. The molecule has 0 amide bonds. The smallest absolute Gasteiger partial charge is 0.433 e. The molecule has 13 heteroatoms. The number of nitrogens with zero attached hydrogens (tertiary/aromatic N) is 7. The SMILES string of the molecule is CCN1CCN(CCOc2cc(Cl)cc(N3CCN(c4ncnc5n[nH]c(C(F)(F)F)c45)CC3)c2C)CC1. The third-order valence-electron chi connectivity index (χ3n) is 7.41. The Morgan fingerprint density at radius 1 is 0.974 bits per heavy atom. The Bertz CT molecular complexity index is 1250. The first-order chi connectivity index (χ1) is 18.2. The van der Waals surface area contributed by atoms with E-state index in [4.69, 9.17) is 16.3 Å². The number of benzene rings is 1. The molecule has 3 aromatic rings. The largest absolute Gasteiger partial charge is 0.492 e. The molecular formula is C25H32ClF3N8O. The summed E-state index contributed by atoms with van der Waals surface area (Å²) in [6, 6.07) is 3.77. The molecule has 1 N–H and O–H groups in total. The van der Waals surface area contributed by atoms with Crippen LogP contribution < -0.4 is 14.5 Å². The van der Waals surface area contributed by atoms with E-state index in [1.54, 1.807) is 0 Å². The van der Waals surface area contributed by atoms with Gasteiger partial charge in [-0.05, 0) is 25.6 Å². The minimum atomic E-state index is -4.58. The fourth-order valence-electron chi connectivity index (χ4n) is 5.18. The molecule has 0 radical (unpaired) electrons. The minimum Gasteiger partial charge on any atom is -0.492 e. The molecule has 4 heterocycles. The van der Waals surface area contributed by atoms with Crippen LogP contribution in [0.25, 0.3) is 11.0 Å². The van der Waals surface area contributed by atoms with Crippen LogP contribution in [0.15, 0.2) is 18.5 Å². The van der Waals surface area contributed by atoms with Crippen LogP contribution in [-0.4, -0.2) is 102 Å². The number of hydrogen-bond acceptors (Lipinski definition) is 8. The molecule has 2 aliphatic rings. The van der Waals surface area contributed by atoms with Crippen LogP contribution in [0.5, 0.6) is 5.75 Å². The summed E-state index contributed by atoms with van der Waals surface area (Å²) < 4.78 is 46.8. The lowest BCUT2D eigenvalue weighted by Gasteiger charge is -2.38. The molecule has 206 valence electrons. The molecule has 38 heavy (non-hydrogen) atoms. The van der Waals surface area contributed by atoms with E-state index in [0.717, 1.165) is 56.3 Å². The molecule has 0 bridgehead atoms. The molecule has 0 spiro atoms. The topological polar surface area (TPSA) is 76.7 Å². The lowest BCUT2D eigenvalue weighted by molar-refractivity contribution is -0.139. The number of rotatable bonds is 7. The summed E-state index contributed by atoms with van der Waals surface area (Å²) in [4.78, 5) is 17.0. The Morgan fingerprint density at radius 3 is 2.34 bits per heavy atom. The second kappa shape index (κ2) is 11.1. The number of ether oxygens (including phenoxy) is 1. The molecule has 0 atom stereocenters. The van der Waals surface area contributed by atoms with Gasteiger partial charge in [-0.3, -0.25) is 10.00 Å². The first kappa shape index (κ1) is 26.8. The average molecular weight is 553 g/mol. The lowest BCUT2D eigenvalue weighted by atomic mass is 10.1. The van der Waals surface area contributed by atoms with E-state index in [1.807, 2.05) is 24.0 Å². The second-order valence-electron chi connectivity index (χ2n) is 9.64. The zero-order valence-corrected chi connectivity index (χ0v) is 22.3. The third kappa shape index (κ3) is 5.62. The van der Waals surface area contributed by atoms with Gasteiger partial charge in [-0.1, -0.05) is 18.5 Å². The van der Waals surface area contributed by atoms with Crippen molar-refractivity contribution in [2.45, 2.75) is 20.0 Å². The monoisotopic (exact) mass is 552 g/mol. The number of H-pyrrole nitrogens is 1. The van der Waals surface area contributed by atoms with Gasteiger partial charge in [0.25, 0.3) is 0 Å². The molecule has 5 rings (SSSR count). The molecule has 2 aromatic heterocycles. The van der Waals surface area contributed by atoms with Gasteiger partial charge in [-0.15, -0.1) is 0 Å². The van der Waals surface area contributed by atoms with E-state index in [9.17, 15) is 13.2 Å². The van der Waals surface area contributed by atoms with Crippen molar-refractivity contribution < 1.29 is 17.9 Å². The highest BCUT2D eigenvalue weighted by Crippen LogP contribution is 2.37. The zero-order valence-electron chi connectivity index (χ0n) is 21.6. The zero-order chi connectivity index (χ0) is 26.9. The summed E-state index contributed by atoms with van der Waals surface area (Å²) in [5.41, 5.74) is 1.04. The van der Waals surface area contributed by atoms with Crippen LogP contribution in [0, 0.1) is 6.92 Å². The molecule has 0 saturated carbocycles. The van der Waals surface area contributed by atoms with Crippen LogP contribution in [-0.2, 0) is 6.18 Å². The van der Waals surface area contributed by atoms with Crippen LogP contribution in [0.2, 0.25) is 5.02 Å². The number of anilines is 2. The van der Waals surface area contributed by atoms with E-state index in [2.05, 4.69) is 41.8 Å². The van der Waals surface area contributed by atoms with E-state index in [1.165, 1.54) is 6.33 Å². The van der Waals surface area contributed by atoms with Crippen molar-refractivity contribution in [3.63, 3.8) is 0 Å². The molecule has 9 nitrogen and oxygen atoms in total. The summed E-state index contributed by atoms with van der Waals surface area (Å²) in [6.45, 7) is 13.1. The molecular weight excluding hydrogens is 521 g/mol. The maximum Gasteiger partial charge on any atom is 0.433 e. The van der Waals surface area contributed by atoms with Gasteiger partial charge in [0.2, 0.25) is 0 Å². The van der Waals surface area contributed by atoms with Crippen molar-refractivity contribution in [2.75, 3.05) is 81.9 Å². The summed E-state index contributed by atoms with van der Waals surface area (Å²) in [7, 11) is 0. The number of piperazine rings is 2. The van der Waals surface area contributed by atoms with Crippen molar-refractivity contribution in [3.05, 3.63) is 34.7 Å². The second-order valence-corrected chi connectivity index (χ2v) is 10.1.